The lowest BCUT2D eigenvalue weighted by molar-refractivity contribution is -0.118. The molecule has 1 saturated carbocycles. The van der Waals surface area contributed by atoms with Crippen LogP contribution in [0.1, 0.15) is 24.8 Å². The molecule has 1 fully saturated rings. The summed E-state index contributed by atoms with van der Waals surface area (Å²) in [5.74, 6) is 1.27. The first kappa shape index (κ1) is 15.4. The van der Waals surface area contributed by atoms with Crippen molar-refractivity contribution in [3.63, 3.8) is 0 Å². The minimum Gasteiger partial charge on any atom is -0.493 e. The molecule has 0 heterocycles. The second kappa shape index (κ2) is 7.17. The van der Waals surface area contributed by atoms with Crippen molar-refractivity contribution in [1.82, 2.24) is 5.32 Å². The molecular formula is C15H22N2O4. The van der Waals surface area contributed by atoms with E-state index in [0.717, 1.165) is 12.1 Å². The summed E-state index contributed by atoms with van der Waals surface area (Å²) in [6.07, 6.45) is 2.63. The molecule has 0 spiro atoms. The maximum atomic E-state index is 10.8. The maximum Gasteiger partial charge on any atom is 0.220 e. The molecular weight excluding hydrogens is 272 g/mol. The summed E-state index contributed by atoms with van der Waals surface area (Å²) in [6, 6.07) is 4.46. The molecule has 3 N–H and O–H groups in total. The summed E-state index contributed by atoms with van der Waals surface area (Å²) in [5, 5.41) is 3.44. The highest BCUT2D eigenvalue weighted by molar-refractivity contribution is 5.73. The van der Waals surface area contributed by atoms with E-state index in [0.29, 0.717) is 23.3 Å². The number of nitrogens with one attached hydrogen (secondary N) is 1. The van der Waals surface area contributed by atoms with Gasteiger partial charge in [0.2, 0.25) is 11.7 Å². The molecule has 0 bridgehead atoms. The average Bonchev–Trinajstić information content (AvgIpc) is 3.29. The lowest BCUT2D eigenvalue weighted by Crippen LogP contribution is -2.16. The van der Waals surface area contributed by atoms with Gasteiger partial charge in [-0.2, -0.15) is 0 Å². The summed E-state index contributed by atoms with van der Waals surface area (Å²) in [6.45, 7) is 0.959. The van der Waals surface area contributed by atoms with Crippen LogP contribution in [0.3, 0.4) is 0 Å². The van der Waals surface area contributed by atoms with Crippen LogP contribution in [0.25, 0.3) is 0 Å². The molecule has 0 unspecified atom stereocenters. The zero-order chi connectivity index (χ0) is 15.2. The normalized spacial score (nSPS) is 13.8. The van der Waals surface area contributed by atoms with E-state index in [1.54, 1.807) is 14.2 Å². The third-order valence-electron chi connectivity index (χ3n) is 3.29. The predicted octanol–water partition coefficient (Wildman–Crippen LogP) is 1.21. The highest BCUT2D eigenvalue weighted by atomic mass is 16.5. The Morgan fingerprint density at radius 3 is 2.38 bits per heavy atom. The molecule has 1 aliphatic carbocycles. The molecule has 1 aromatic rings. The number of benzene rings is 1. The summed E-state index contributed by atoms with van der Waals surface area (Å²) in [5.41, 5.74) is 6.17. The first-order valence-corrected chi connectivity index (χ1v) is 7.03. The topological polar surface area (TPSA) is 82.8 Å². The van der Waals surface area contributed by atoms with E-state index in [-0.39, 0.29) is 13.0 Å². The van der Waals surface area contributed by atoms with Crippen molar-refractivity contribution in [1.29, 1.82) is 0 Å². The van der Waals surface area contributed by atoms with Crippen molar-refractivity contribution >= 4 is 5.91 Å². The fourth-order valence-electron chi connectivity index (χ4n) is 1.98. The van der Waals surface area contributed by atoms with Gasteiger partial charge in [0.25, 0.3) is 0 Å². The third kappa shape index (κ3) is 4.53. The summed E-state index contributed by atoms with van der Waals surface area (Å²) in [7, 11) is 3.15. The number of rotatable bonds is 9. The van der Waals surface area contributed by atoms with Gasteiger partial charge in [0.1, 0.15) is 0 Å². The van der Waals surface area contributed by atoms with Crippen LogP contribution >= 0.6 is 0 Å². The summed E-state index contributed by atoms with van der Waals surface area (Å²) >= 11 is 0. The minimum atomic E-state index is -0.404. The largest absolute Gasteiger partial charge is 0.493 e. The van der Waals surface area contributed by atoms with Gasteiger partial charge in [-0.3, -0.25) is 4.79 Å². The van der Waals surface area contributed by atoms with Crippen molar-refractivity contribution in [2.24, 2.45) is 5.73 Å². The fourth-order valence-corrected chi connectivity index (χ4v) is 1.98. The number of nitrogens with two attached hydrogens (primary N) is 1. The van der Waals surface area contributed by atoms with E-state index >= 15 is 0 Å². The van der Waals surface area contributed by atoms with E-state index in [1.807, 2.05) is 12.1 Å². The molecule has 0 aliphatic heterocycles. The first-order valence-electron chi connectivity index (χ1n) is 7.03. The van der Waals surface area contributed by atoms with E-state index < -0.39 is 5.91 Å². The molecule has 1 amide bonds. The zero-order valence-electron chi connectivity index (χ0n) is 12.5. The van der Waals surface area contributed by atoms with Crippen LogP contribution in [0, 0.1) is 0 Å². The van der Waals surface area contributed by atoms with E-state index in [2.05, 4.69) is 5.32 Å². The van der Waals surface area contributed by atoms with Crippen LogP contribution in [0.5, 0.6) is 17.2 Å². The van der Waals surface area contributed by atoms with Gasteiger partial charge in [-0.1, -0.05) is 0 Å². The Morgan fingerprint density at radius 2 is 1.90 bits per heavy atom. The van der Waals surface area contributed by atoms with Gasteiger partial charge in [0.15, 0.2) is 11.5 Å². The highest BCUT2D eigenvalue weighted by Crippen LogP contribution is 2.38. The number of primary amides is 1. The van der Waals surface area contributed by atoms with Crippen molar-refractivity contribution in [2.45, 2.75) is 31.8 Å². The first-order chi connectivity index (χ1) is 10.1. The van der Waals surface area contributed by atoms with Gasteiger partial charge in [-0.25, -0.2) is 0 Å². The second-order valence-corrected chi connectivity index (χ2v) is 5.05. The molecule has 0 aromatic heterocycles. The van der Waals surface area contributed by atoms with Gasteiger partial charge in [0, 0.05) is 12.6 Å². The smallest absolute Gasteiger partial charge is 0.220 e. The molecule has 0 atom stereocenters. The Morgan fingerprint density at radius 1 is 1.29 bits per heavy atom. The van der Waals surface area contributed by atoms with Crippen molar-refractivity contribution in [3.05, 3.63) is 17.7 Å². The van der Waals surface area contributed by atoms with Crippen LogP contribution in [-0.4, -0.2) is 32.8 Å². The standard InChI is InChI=1S/C15H22N2O4/c1-19-12-7-10(9-17-11-3-4-11)8-13(20-2)15(12)21-6-5-14(16)18/h7-8,11,17H,3-6,9H2,1-2H3,(H2,16,18). The number of hydrogen-bond donors (Lipinski definition) is 2. The molecule has 6 nitrogen and oxygen atoms in total. The number of carbonyl (C=O) groups excluding carboxylic acids is 1. The van der Waals surface area contributed by atoms with Gasteiger partial charge in [-0.05, 0) is 30.5 Å². The van der Waals surface area contributed by atoms with Crippen LogP contribution in [-0.2, 0) is 11.3 Å². The van der Waals surface area contributed by atoms with Gasteiger partial charge >= 0.3 is 0 Å². The fraction of sp³-hybridized carbons (Fsp3) is 0.533. The molecule has 1 aliphatic rings. The molecule has 1 aromatic carbocycles. The zero-order valence-corrected chi connectivity index (χ0v) is 12.5. The monoisotopic (exact) mass is 294 g/mol. The second-order valence-electron chi connectivity index (χ2n) is 5.05. The highest BCUT2D eigenvalue weighted by Gasteiger charge is 2.21. The van der Waals surface area contributed by atoms with Gasteiger partial charge < -0.3 is 25.3 Å². The Bertz CT molecular complexity index is 475. The SMILES string of the molecule is COc1cc(CNC2CC2)cc(OC)c1OCCC(N)=O. The molecule has 0 saturated heterocycles. The summed E-state index contributed by atoms with van der Waals surface area (Å²) in [4.78, 5) is 10.8. The molecule has 0 radical (unpaired) electrons. The minimum absolute atomic E-state index is 0.150. The Balaban J connectivity index is 2.10. The van der Waals surface area contributed by atoms with Crippen LogP contribution in [0.2, 0.25) is 0 Å². The molecule has 2 rings (SSSR count). The quantitative estimate of drug-likeness (QED) is 0.715. The lowest BCUT2D eigenvalue weighted by Gasteiger charge is -2.16. The van der Waals surface area contributed by atoms with E-state index in [1.165, 1.54) is 12.8 Å². The van der Waals surface area contributed by atoms with Crippen LogP contribution in [0.15, 0.2) is 12.1 Å². The van der Waals surface area contributed by atoms with E-state index in [9.17, 15) is 4.79 Å². The van der Waals surface area contributed by atoms with Crippen LogP contribution < -0.4 is 25.3 Å². The van der Waals surface area contributed by atoms with Crippen molar-refractivity contribution in [2.75, 3.05) is 20.8 Å². The Hall–Kier alpha value is -1.95. The van der Waals surface area contributed by atoms with Crippen LogP contribution in [0.4, 0.5) is 0 Å². The molecule has 6 heteroatoms. The third-order valence-corrected chi connectivity index (χ3v) is 3.29. The number of carbonyl (C=O) groups is 1. The number of methoxy groups -OCH3 is 2. The number of amides is 1. The molecule has 21 heavy (non-hydrogen) atoms. The van der Waals surface area contributed by atoms with Gasteiger partial charge in [0.05, 0.1) is 27.2 Å². The van der Waals surface area contributed by atoms with Crippen molar-refractivity contribution < 1.29 is 19.0 Å². The van der Waals surface area contributed by atoms with E-state index in [4.69, 9.17) is 19.9 Å². The predicted molar refractivity (Wildman–Crippen MR) is 78.7 cm³/mol. The maximum absolute atomic E-state index is 10.8. The number of ether oxygens (including phenoxy) is 3. The lowest BCUT2D eigenvalue weighted by atomic mass is 10.1. The summed E-state index contributed by atoms with van der Waals surface area (Å²) < 4.78 is 16.3. The Kier molecular flexibility index (Phi) is 5.27. The van der Waals surface area contributed by atoms with Crippen molar-refractivity contribution in [3.8, 4) is 17.2 Å². The number of hydrogen-bond acceptors (Lipinski definition) is 5. The Labute approximate surface area is 124 Å². The average molecular weight is 294 g/mol. The molecule has 116 valence electrons. The van der Waals surface area contributed by atoms with Gasteiger partial charge in [-0.15, -0.1) is 0 Å².